The predicted molar refractivity (Wildman–Crippen MR) is 70.9 cm³/mol. The number of hydrogen-bond acceptors (Lipinski definition) is 5. The van der Waals surface area contributed by atoms with E-state index in [-0.39, 0.29) is 5.69 Å². The van der Waals surface area contributed by atoms with E-state index in [0.29, 0.717) is 13.1 Å². The maximum atomic E-state index is 10.5. The highest BCUT2D eigenvalue weighted by molar-refractivity contribution is 5.50. The third-order valence-electron chi connectivity index (χ3n) is 2.56. The number of hydrogen-bond donors (Lipinski definition) is 1. The first-order chi connectivity index (χ1) is 8.40. The van der Waals surface area contributed by atoms with Crippen molar-refractivity contribution in [2.75, 3.05) is 39.1 Å². The average molecular weight is 253 g/mol. The van der Waals surface area contributed by atoms with Crippen LogP contribution in [0.2, 0.25) is 0 Å². The van der Waals surface area contributed by atoms with Gasteiger partial charge in [0, 0.05) is 38.0 Å². The molecule has 0 aliphatic carbocycles. The summed E-state index contributed by atoms with van der Waals surface area (Å²) in [7, 11) is 5.64. The third kappa shape index (κ3) is 4.31. The lowest BCUT2D eigenvalue weighted by atomic mass is 10.2. The van der Waals surface area contributed by atoms with Crippen molar-refractivity contribution in [3.05, 3.63) is 34.4 Å². The number of anilines is 1. The Balaban J connectivity index is 2.61. The minimum Gasteiger partial charge on any atom is -0.390 e. The van der Waals surface area contributed by atoms with Crippen LogP contribution in [0.15, 0.2) is 24.3 Å². The predicted octanol–water partition coefficient (Wildman–Crippen LogP) is 0.954. The topological polar surface area (TPSA) is 69.8 Å². The molecule has 0 saturated carbocycles. The van der Waals surface area contributed by atoms with Gasteiger partial charge in [-0.2, -0.15) is 0 Å². The second-order valence-corrected chi connectivity index (χ2v) is 4.57. The number of aliphatic hydroxyl groups is 1. The number of non-ortho nitro benzene ring substituents is 1. The molecular formula is C12H19N3O3. The number of nitro benzene ring substituents is 1. The highest BCUT2D eigenvalue weighted by Crippen LogP contribution is 2.18. The second kappa shape index (κ2) is 6.32. The van der Waals surface area contributed by atoms with Crippen molar-refractivity contribution in [1.82, 2.24) is 4.90 Å². The molecular weight excluding hydrogens is 234 g/mol. The van der Waals surface area contributed by atoms with E-state index in [0.717, 1.165) is 5.69 Å². The Bertz CT molecular complexity index is 392. The number of likely N-dealkylation sites (N-methyl/N-ethyl adjacent to an activating group) is 2. The number of rotatable bonds is 6. The molecule has 1 unspecified atom stereocenters. The molecule has 6 heteroatoms. The second-order valence-electron chi connectivity index (χ2n) is 4.57. The quantitative estimate of drug-likeness (QED) is 0.604. The molecule has 0 spiro atoms. The van der Waals surface area contributed by atoms with Crippen molar-refractivity contribution < 1.29 is 10.0 Å². The number of nitro groups is 1. The molecule has 0 fully saturated rings. The van der Waals surface area contributed by atoms with E-state index in [1.165, 1.54) is 12.1 Å². The van der Waals surface area contributed by atoms with Gasteiger partial charge in [-0.1, -0.05) is 0 Å². The number of benzene rings is 1. The first kappa shape index (κ1) is 14.4. The first-order valence-corrected chi connectivity index (χ1v) is 5.68. The van der Waals surface area contributed by atoms with Gasteiger partial charge in [-0.15, -0.1) is 0 Å². The van der Waals surface area contributed by atoms with Gasteiger partial charge in [-0.05, 0) is 26.2 Å². The highest BCUT2D eigenvalue weighted by Gasteiger charge is 2.11. The van der Waals surface area contributed by atoms with Crippen molar-refractivity contribution in [3.8, 4) is 0 Å². The molecule has 6 nitrogen and oxygen atoms in total. The van der Waals surface area contributed by atoms with Crippen LogP contribution in [-0.2, 0) is 0 Å². The minimum absolute atomic E-state index is 0.0704. The molecule has 0 aromatic heterocycles. The largest absolute Gasteiger partial charge is 0.390 e. The fraction of sp³-hybridized carbons (Fsp3) is 0.500. The molecule has 0 radical (unpaired) electrons. The van der Waals surface area contributed by atoms with Crippen LogP contribution in [0, 0.1) is 10.1 Å². The van der Waals surface area contributed by atoms with Gasteiger partial charge in [0.1, 0.15) is 0 Å². The van der Waals surface area contributed by atoms with Gasteiger partial charge in [-0.25, -0.2) is 0 Å². The third-order valence-corrected chi connectivity index (χ3v) is 2.56. The molecule has 0 saturated heterocycles. The molecule has 1 aromatic rings. The zero-order valence-electron chi connectivity index (χ0n) is 10.9. The molecule has 0 heterocycles. The Kier molecular flexibility index (Phi) is 5.06. The van der Waals surface area contributed by atoms with E-state index < -0.39 is 11.0 Å². The maximum absolute atomic E-state index is 10.5. The summed E-state index contributed by atoms with van der Waals surface area (Å²) in [4.78, 5) is 13.9. The monoisotopic (exact) mass is 253 g/mol. The van der Waals surface area contributed by atoms with Gasteiger partial charge < -0.3 is 14.9 Å². The summed E-state index contributed by atoms with van der Waals surface area (Å²) in [6, 6.07) is 6.29. The Hall–Kier alpha value is -1.66. The fourth-order valence-electron chi connectivity index (χ4n) is 1.73. The molecule has 1 rings (SSSR count). The Morgan fingerprint density at radius 1 is 1.22 bits per heavy atom. The molecule has 0 aliphatic heterocycles. The van der Waals surface area contributed by atoms with Crippen molar-refractivity contribution in [3.63, 3.8) is 0 Å². The van der Waals surface area contributed by atoms with E-state index in [2.05, 4.69) is 0 Å². The Morgan fingerprint density at radius 2 is 1.78 bits per heavy atom. The Labute approximate surface area is 107 Å². The lowest BCUT2D eigenvalue weighted by Gasteiger charge is -2.24. The van der Waals surface area contributed by atoms with Gasteiger partial charge in [0.25, 0.3) is 5.69 Å². The molecule has 0 aliphatic rings. The fourth-order valence-corrected chi connectivity index (χ4v) is 1.73. The molecule has 0 bridgehead atoms. The normalized spacial score (nSPS) is 12.5. The van der Waals surface area contributed by atoms with Gasteiger partial charge in [0.2, 0.25) is 0 Å². The summed E-state index contributed by atoms with van der Waals surface area (Å²) in [5.74, 6) is 0. The van der Waals surface area contributed by atoms with E-state index >= 15 is 0 Å². The number of nitrogens with zero attached hydrogens (tertiary/aromatic N) is 3. The SMILES string of the molecule is CN(C)CC(O)CN(C)c1ccc([N+](=O)[O-])cc1. The maximum Gasteiger partial charge on any atom is 0.269 e. The van der Waals surface area contributed by atoms with Crippen LogP contribution in [0.4, 0.5) is 11.4 Å². The van der Waals surface area contributed by atoms with Crippen LogP contribution in [0.1, 0.15) is 0 Å². The van der Waals surface area contributed by atoms with E-state index in [1.54, 1.807) is 12.1 Å². The molecule has 1 atom stereocenters. The van der Waals surface area contributed by atoms with E-state index in [4.69, 9.17) is 0 Å². The van der Waals surface area contributed by atoms with E-state index in [9.17, 15) is 15.2 Å². The van der Waals surface area contributed by atoms with Crippen molar-refractivity contribution in [1.29, 1.82) is 0 Å². The molecule has 1 aromatic carbocycles. The average Bonchev–Trinajstić information content (AvgIpc) is 2.27. The smallest absolute Gasteiger partial charge is 0.269 e. The highest BCUT2D eigenvalue weighted by atomic mass is 16.6. The van der Waals surface area contributed by atoms with Crippen LogP contribution in [0.5, 0.6) is 0 Å². The van der Waals surface area contributed by atoms with Crippen LogP contribution in [-0.4, -0.2) is 55.3 Å². The van der Waals surface area contributed by atoms with E-state index in [1.807, 2.05) is 30.9 Å². The van der Waals surface area contributed by atoms with Gasteiger partial charge in [0.15, 0.2) is 0 Å². The van der Waals surface area contributed by atoms with Crippen molar-refractivity contribution >= 4 is 11.4 Å². The summed E-state index contributed by atoms with van der Waals surface area (Å²) >= 11 is 0. The molecule has 100 valence electrons. The van der Waals surface area contributed by atoms with Gasteiger partial charge in [-0.3, -0.25) is 10.1 Å². The molecule has 1 N–H and O–H groups in total. The number of aliphatic hydroxyl groups excluding tert-OH is 1. The van der Waals surface area contributed by atoms with Crippen LogP contribution in [0.3, 0.4) is 0 Å². The lowest BCUT2D eigenvalue weighted by Crippen LogP contribution is -2.36. The van der Waals surface area contributed by atoms with Crippen molar-refractivity contribution in [2.45, 2.75) is 6.10 Å². The van der Waals surface area contributed by atoms with Crippen LogP contribution < -0.4 is 4.90 Å². The zero-order chi connectivity index (χ0) is 13.7. The van der Waals surface area contributed by atoms with Crippen LogP contribution in [0.25, 0.3) is 0 Å². The van der Waals surface area contributed by atoms with Gasteiger partial charge in [0.05, 0.1) is 11.0 Å². The summed E-state index contributed by atoms with van der Waals surface area (Å²) in [6.45, 7) is 1.06. The summed E-state index contributed by atoms with van der Waals surface area (Å²) < 4.78 is 0. The zero-order valence-corrected chi connectivity index (χ0v) is 10.9. The minimum atomic E-state index is -0.458. The molecule has 0 amide bonds. The molecule has 18 heavy (non-hydrogen) atoms. The standard InChI is InChI=1S/C12H19N3O3/c1-13(2)8-12(16)9-14(3)10-4-6-11(7-5-10)15(17)18/h4-7,12,16H,8-9H2,1-3H3. The summed E-state index contributed by atoms with van der Waals surface area (Å²) in [5, 5.41) is 20.3. The summed E-state index contributed by atoms with van der Waals surface area (Å²) in [6.07, 6.45) is -0.458. The lowest BCUT2D eigenvalue weighted by molar-refractivity contribution is -0.384. The van der Waals surface area contributed by atoms with Crippen LogP contribution >= 0.6 is 0 Å². The van der Waals surface area contributed by atoms with Gasteiger partial charge >= 0.3 is 0 Å². The summed E-state index contributed by atoms with van der Waals surface area (Å²) in [5.41, 5.74) is 0.916. The van der Waals surface area contributed by atoms with Crippen molar-refractivity contribution in [2.24, 2.45) is 0 Å². The first-order valence-electron chi connectivity index (χ1n) is 5.68. The Morgan fingerprint density at radius 3 is 2.22 bits per heavy atom.